The quantitative estimate of drug-likeness (QED) is 0.825. The third kappa shape index (κ3) is 3.85. The van der Waals surface area contributed by atoms with Gasteiger partial charge >= 0.3 is 0 Å². The van der Waals surface area contributed by atoms with Crippen LogP contribution in [0.3, 0.4) is 0 Å². The van der Waals surface area contributed by atoms with Crippen molar-refractivity contribution < 1.29 is 9.53 Å². The molecule has 0 saturated carbocycles. The van der Waals surface area contributed by atoms with E-state index < -0.39 is 0 Å². The van der Waals surface area contributed by atoms with E-state index in [1.54, 1.807) is 24.1 Å². The number of ether oxygens (including phenoxy) is 1. The Balaban J connectivity index is 2.09. The van der Waals surface area contributed by atoms with Crippen LogP contribution < -0.4 is 9.64 Å². The summed E-state index contributed by atoms with van der Waals surface area (Å²) < 4.78 is 5.72. The zero-order valence-corrected chi connectivity index (χ0v) is 12.7. The first-order valence-electron chi connectivity index (χ1n) is 7.21. The van der Waals surface area contributed by atoms with Gasteiger partial charge in [0.2, 0.25) is 0 Å². The molecule has 0 bridgehead atoms. The monoisotopic (exact) mass is 283 g/mol. The van der Waals surface area contributed by atoms with E-state index in [1.165, 1.54) is 0 Å². The van der Waals surface area contributed by atoms with E-state index in [1.807, 2.05) is 49.4 Å². The maximum absolute atomic E-state index is 12.4. The molecule has 21 heavy (non-hydrogen) atoms. The molecule has 1 amide bonds. The van der Waals surface area contributed by atoms with Crippen LogP contribution in [0.15, 0.2) is 54.6 Å². The van der Waals surface area contributed by atoms with Gasteiger partial charge in [0.25, 0.3) is 5.91 Å². The Kier molecular flexibility index (Phi) is 4.99. The highest BCUT2D eigenvalue weighted by Crippen LogP contribution is 2.18. The number of hydrogen-bond acceptors (Lipinski definition) is 2. The second-order valence-electron chi connectivity index (χ2n) is 5.06. The Bertz CT molecular complexity index is 578. The highest BCUT2D eigenvalue weighted by molar-refractivity contribution is 6.05. The van der Waals surface area contributed by atoms with Crippen LogP contribution in [0.4, 0.5) is 5.69 Å². The largest absolute Gasteiger partial charge is 0.491 e. The average molecular weight is 283 g/mol. The number of rotatable bonds is 5. The number of nitrogens with zero attached hydrogens (tertiary/aromatic N) is 1. The number of carbonyl (C=O) groups is 1. The summed E-state index contributed by atoms with van der Waals surface area (Å²) in [5.74, 6) is 0.763. The van der Waals surface area contributed by atoms with Gasteiger partial charge in [-0.2, -0.15) is 0 Å². The van der Waals surface area contributed by atoms with Crippen molar-refractivity contribution >= 4 is 11.6 Å². The first kappa shape index (κ1) is 15.1. The number of benzene rings is 2. The van der Waals surface area contributed by atoms with E-state index in [2.05, 4.69) is 6.92 Å². The van der Waals surface area contributed by atoms with Crippen molar-refractivity contribution in [1.82, 2.24) is 0 Å². The van der Waals surface area contributed by atoms with Gasteiger partial charge in [0, 0.05) is 18.3 Å². The van der Waals surface area contributed by atoms with Crippen LogP contribution in [-0.4, -0.2) is 19.1 Å². The molecule has 0 fully saturated rings. The molecule has 0 N–H and O–H groups in total. The molecule has 0 saturated heterocycles. The molecular formula is C18H21NO2. The summed E-state index contributed by atoms with van der Waals surface area (Å²) in [4.78, 5) is 14.1. The van der Waals surface area contributed by atoms with Crippen molar-refractivity contribution in [3.8, 4) is 5.75 Å². The summed E-state index contributed by atoms with van der Waals surface area (Å²) in [5, 5.41) is 0. The van der Waals surface area contributed by atoms with Crippen LogP contribution in [0, 0.1) is 0 Å². The molecule has 0 aliphatic heterocycles. The summed E-state index contributed by atoms with van der Waals surface area (Å²) in [6.45, 7) is 4.11. The summed E-state index contributed by atoms with van der Waals surface area (Å²) in [6, 6.07) is 16.9. The third-order valence-corrected chi connectivity index (χ3v) is 3.46. The second-order valence-corrected chi connectivity index (χ2v) is 5.06. The summed E-state index contributed by atoms with van der Waals surface area (Å²) in [7, 11) is 1.78. The van der Waals surface area contributed by atoms with Crippen molar-refractivity contribution in [2.75, 3.05) is 11.9 Å². The number of anilines is 1. The molecule has 2 aromatic carbocycles. The molecule has 3 heteroatoms. The number of amides is 1. The Morgan fingerprint density at radius 2 is 1.71 bits per heavy atom. The summed E-state index contributed by atoms with van der Waals surface area (Å²) in [6.07, 6.45) is 1.13. The maximum Gasteiger partial charge on any atom is 0.258 e. The van der Waals surface area contributed by atoms with Crippen molar-refractivity contribution in [1.29, 1.82) is 0 Å². The minimum absolute atomic E-state index is 0.0312. The van der Waals surface area contributed by atoms with Gasteiger partial charge in [-0.3, -0.25) is 4.79 Å². The molecule has 0 radical (unpaired) electrons. The molecule has 0 unspecified atom stereocenters. The Morgan fingerprint density at radius 1 is 1.10 bits per heavy atom. The normalized spacial score (nSPS) is 11.8. The highest BCUT2D eigenvalue weighted by atomic mass is 16.5. The molecule has 2 rings (SSSR count). The molecule has 0 aliphatic carbocycles. The second kappa shape index (κ2) is 6.93. The van der Waals surface area contributed by atoms with Gasteiger partial charge in [-0.05, 0) is 49.7 Å². The van der Waals surface area contributed by atoms with Gasteiger partial charge in [-0.15, -0.1) is 0 Å². The third-order valence-electron chi connectivity index (χ3n) is 3.46. The molecule has 0 aliphatic rings. The van der Waals surface area contributed by atoms with Gasteiger partial charge in [0.1, 0.15) is 5.75 Å². The van der Waals surface area contributed by atoms with Crippen LogP contribution in [0.25, 0.3) is 0 Å². The number of carbonyl (C=O) groups excluding carboxylic acids is 1. The molecule has 0 heterocycles. The van der Waals surface area contributed by atoms with Crippen LogP contribution in [0.5, 0.6) is 5.75 Å². The minimum atomic E-state index is -0.0312. The van der Waals surface area contributed by atoms with Gasteiger partial charge in [0.05, 0.1) is 6.10 Å². The van der Waals surface area contributed by atoms with Crippen molar-refractivity contribution in [3.63, 3.8) is 0 Å². The van der Waals surface area contributed by atoms with Gasteiger partial charge in [-0.1, -0.05) is 25.1 Å². The SMILES string of the molecule is CC[C@H](C)Oc1ccc(C(=O)N(C)c2ccccc2)cc1. The zero-order chi connectivity index (χ0) is 15.2. The summed E-state index contributed by atoms with van der Waals surface area (Å²) in [5.41, 5.74) is 1.53. The molecule has 3 nitrogen and oxygen atoms in total. The fourth-order valence-corrected chi connectivity index (χ4v) is 1.95. The van der Waals surface area contributed by atoms with E-state index in [0.717, 1.165) is 17.9 Å². The highest BCUT2D eigenvalue weighted by Gasteiger charge is 2.13. The van der Waals surface area contributed by atoms with Crippen LogP contribution in [0.1, 0.15) is 30.6 Å². The fraction of sp³-hybridized carbons (Fsp3) is 0.278. The lowest BCUT2D eigenvalue weighted by Gasteiger charge is -2.18. The van der Waals surface area contributed by atoms with Crippen molar-refractivity contribution in [2.24, 2.45) is 0 Å². The lowest BCUT2D eigenvalue weighted by atomic mass is 10.2. The molecular weight excluding hydrogens is 262 g/mol. The molecule has 2 aromatic rings. The maximum atomic E-state index is 12.4. The Hall–Kier alpha value is -2.29. The molecule has 0 aromatic heterocycles. The average Bonchev–Trinajstić information content (AvgIpc) is 2.55. The molecule has 1 atom stereocenters. The zero-order valence-electron chi connectivity index (χ0n) is 12.7. The predicted octanol–water partition coefficient (Wildman–Crippen LogP) is 4.14. The van der Waals surface area contributed by atoms with Crippen LogP contribution >= 0.6 is 0 Å². The van der Waals surface area contributed by atoms with E-state index in [0.29, 0.717) is 5.56 Å². The smallest absolute Gasteiger partial charge is 0.258 e. The standard InChI is InChI=1S/C18H21NO2/c1-4-14(2)21-17-12-10-15(11-13-17)18(20)19(3)16-8-6-5-7-9-16/h5-14H,4H2,1-3H3/t14-/m0/s1. The lowest BCUT2D eigenvalue weighted by molar-refractivity contribution is 0.0993. The Morgan fingerprint density at radius 3 is 2.29 bits per heavy atom. The van der Waals surface area contributed by atoms with E-state index in [9.17, 15) is 4.79 Å². The first-order valence-corrected chi connectivity index (χ1v) is 7.21. The topological polar surface area (TPSA) is 29.5 Å². The minimum Gasteiger partial charge on any atom is -0.491 e. The summed E-state index contributed by atoms with van der Waals surface area (Å²) >= 11 is 0. The van der Waals surface area contributed by atoms with Gasteiger partial charge in [0.15, 0.2) is 0 Å². The van der Waals surface area contributed by atoms with E-state index in [4.69, 9.17) is 4.74 Å². The molecule has 0 spiro atoms. The lowest BCUT2D eigenvalue weighted by Crippen LogP contribution is -2.26. The van der Waals surface area contributed by atoms with Crippen LogP contribution in [-0.2, 0) is 0 Å². The van der Waals surface area contributed by atoms with Crippen LogP contribution in [0.2, 0.25) is 0 Å². The first-order chi connectivity index (χ1) is 10.1. The van der Waals surface area contributed by atoms with Gasteiger partial charge < -0.3 is 9.64 Å². The Labute approximate surface area is 126 Å². The fourth-order valence-electron chi connectivity index (χ4n) is 1.95. The number of para-hydroxylation sites is 1. The van der Waals surface area contributed by atoms with Crippen molar-refractivity contribution in [3.05, 3.63) is 60.2 Å². The van der Waals surface area contributed by atoms with Crippen molar-refractivity contribution in [2.45, 2.75) is 26.4 Å². The predicted molar refractivity (Wildman–Crippen MR) is 86.0 cm³/mol. The number of hydrogen-bond donors (Lipinski definition) is 0. The van der Waals surface area contributed by atoms with E-state index >= 15 is 0 Å². The molecule has 110 valence electrons. The van der Waals surface area contributed by atoms with E-state index in [-0.39, 0.29) is 12.0 Å². The van der Waals surface area contributed by atoms with Gasteiger partial charge in [-0.25, -0.2) is 0 Å².